The van der Waals surface area contributed by atoms with Gasteiger partial charge in [-0.3, -0.25) is 0 Å². The highest BCUT2D eigenvalue weighted by Gasteiger charge is 2.07. The number of ether oxygens (including phenoxy) is 2. The number of aryl methyl sites for hydroxylation is 1. The van der Waals surface area contributed by atoms with Gasteiger partial charge >= 0.3 is 0 Å². The van der Waals surface area contributed by atoms with Gasteiger partial charge in [0.2, 0.25) is 5.88 Å². The third-order valence-electron chi connectivity index (χ3n) is 2.75. The highest BCUT2D eigenvalue weighted by Crippen LogP contribution is 2.22. The van der Waals surface area contributed by atoms with E-state index in [1.165, 1.54) is 0 Å². The van der Waals surface area contributed by atoms with Gasteiger partial charge in [0, 0.05) is 19.2 Å². The van der Waals surface area contributed by atoms with Crippen LogP contribution in [0.3, 0.4) is 0 Å². The molecule has 1 heterocycles. The Morgan fingerprint density at radius 1 is 1.14 bits per heavy atom. The Morgan fingerprint density at radius 3 is 2.71 bits per heavy atom. The smallest absolute Gasteiger partial charge is 0.224 e. The SMILES string of the molecule is CCNc1cc(Oc2cccc(C)c2)nc(COCC)n1. The van der Waals surface area contributed by atoms with E-state index in [9.17, 15) is 0 Å². The number of nitrogens with one attached hydrogen (secondary N) is 1. The van der Waals surface area contributed by atoms with Gasteiger partial charge in [-0.15, -0.1) is 0 Å². The molecule has 112 valence electrons. The topological polar surface area (TPSA) is 56.3 Å². The van der Waals surface area contributed by atoms with E-state index in [4.69, 9.17) is 9.47 Å². The molecule has 0 aliphatic carbocycles. The van der Waals surface area contributed by atoms with Gasteiger partial charge in [-0.1, -0.05) is 12.1 Å². The molecule has 0 saturated carbocycles. The molecule has 1 aromatic heterocycles. The lowest BCUT2D eigenvalue weighted by atomic mass is 10.2. The van der Waals surface area contributed by atoms with E-state index in [-0.39, 0.29) is 0 Å². The zero-order chi connectivity index (χ0) is 15.1. The normalized spacial score (nSPS) is 10.4. The molecule has 0 saturated heterocycles. The molecule has 0 aliphatic heterocycles. The van der Waals surface area contributed by atoms with E-state index in [1.807, 2.05) is 45.0 Å². The summed E-state index contributed by atoms with van der Waals surface area (Å²) in [7, 11) is 0. The van der Waals surface area contributed by atoms with Crippen molar-refractivity contribution in [2.75, 3.05) is 18.5 Å². The maximum atomic E-state index is 5.82. The van der Waals surface area contributed by atoms with Crippen molar-refractivity contribution in [3.05, 3.63) is 41.7 Å². The molecule has 5 nitrogen and oxygen atoms in total. The first-order valence-electron chi connectivity index (χ1n) is 7.15. The molecule has 2 rings (SSSR count). The number of benzene rings is 1. The first kappa shape index (κ1) is 15.3. The Morgan fingerprint density at radius 2 is 2.00 bits per heavy atom. The Bertz CT molecular complexity index is 587. The largest absolute Gasteiger partial charge is 0.439 e. The predicted octanol–water partition coefficient (Wildman–Crippen LogP) is 3.55. The average molecular weight is 287 g/mol. The van der Waals surface area contributed by atoms with Gasteiger partial charge in [0.05, 0.1) is 0 Å². The second kappa shape index (κ2) is 7.59. The van der Waals surface area contributed by atoms with Crippen LogP contribution in [0.5, 0.6) is 11.6 Å². The summed E-state index contributed by atoms with van der Waals surface area (Å²) < 4.78 is 11.2. The van der Waals surface area contributed by atoms with Crippen molar-refractivity contribution in [1.82, 2.24) is 9.97 Å². The molecule has 2 aromatic rings. The van der Waals surface area contributed by atoms with Crippen molar-refractivity contribution >= 4 is 5.82 Å². The average Bonchev–Trinajstić information content (AvgIpc) is 2.45. The van der Waals surface area contributed by atoms with Crippen LogP contribution >= 0.6 is 0 Å². The fourth-order valence-corrected chi connectivity index (χ4v) is 1.85. The summed E-state index contributed by atoms with van der Waals surface area (Å²) >= 11 is 0. The zero-order valence-corrected chi connectivity index (χ0v) is 12.7. The summed E-state index contributed by atoms with van der Waals surface area (Å²) in [6.07, 6.45) is 0. The number of hydrogen-bond acceptors (Lipinski definition) is 5. The van der Waals surface area contributed by atoms with Crippen molar-refractivity contribution < 1.29 is 9.47 Å². The second-order valence-corrected chi connectivity index (χ2v) is 4.59. The van der Waals surface area contributed by atoms with Crippen molar-refractivity contribution in [3.63, 3.8) is 0 Å². The molecule has 0 fully saturated rings. The van der Waals surface area contributed by atoms with Gasteiger partial charge in [-0.05, 0) is 38.5 Å². The first-order valence-corrected chi connectivity index (χ1v) is 7.15. The Kier molecular flexibility index (Phi) is 5.51. The van der Waals surface area contributed by atoms with Crippen LogP contribution in [0.25, 0.3) is 0 Å². The number of hydrogen-bond donors (Lipinski definition) is 1. The highest BCUT2D eigenvalue weighted by molar-refractivity contribution is 5.40. The van der Waals surface area contributed by atoms with Crippen LogP contribution in [0.4, 0.5) is 5.82 Å². The summed E-state index contributed by atoms with van der Waals surface area (Å²) in [6.45, 7) is 7.78. The molecule has 0 unspecified atom stereocenters. The monoisotopic (exact) mass is 287 g/mol. The minimum absolute atomic E-state index is 0.375. The molecule has 0 bridgehead atoms. The molecule has 0 radical (unpaired) electrons. The Hall–Kier alpha value is -2.14. The summed E-state index contributed by atoms with van der Waals surface area (Å²) in [5.74, 6) is 2.63. The molecule has 0 aliphatic rings. The van der Waals surface area contributed by atoms with Crippen molar-refractivity contribution in [1.29, 1.82) is 0 Å². The third-order valence-corrected chi connectivity index (χ3v) is 2.75. The Balaban J connectivity index is 2.22. The molecule has 0 atom stereocenters. The summed E-state index contributed by atoms with van der Waals surface area (Å²) in [4.78, 5) is 8.77. The van der Waals surface area contributed by atoms with E-state index in [0.717, 1.165) is 23.7 Å². The van der Waals surface area contributed by atoms with Gasteiger partial charge in [0.15, 0.2) is 5.82 Å². The van der Waals surface area contributed by atoms with Crippen molar-refractivity contribution in [3.8, 4) is 11.6 Å². The fraction of sp³-hybridized carbons (Fsp3) is 0.375. The van der Waals surface area contributed by atoms with Crippen LogP contribution in [0.1, 0.15) is 25.2 Å². The zero-order valence-electron chi connectivity index (χ0n) is 12.7. The van der Waals surface area contributed by atoms with Crippen LogP contribution in [-0.4, -0.2) is 23.1 Å². The molecule has 0 spiro atoms. The van der Waals surface area contributed by atoms with E-state index in [1.54, 1.807) is 6.07 Å². The first-order chi connectivity index (χ1) is 10.2. The summed E-state index contributed by atoms with van der Waals surface area (Å²) in [5.41, 5.74) is 1.14. The van der Waals surface area contributed by atoms with Crippen LogP contribution in [0, 0.1) is 6.92 Å². The molecular formula is C16H21N3O2. The van der Waals surface area contributed by atoms with Gasteiger partial charge in [-0.2, -0.15) is 4.98 Å². The van der Waals surface area contributed by atoms with Gasteiger partial charge < -0.3 is 14.8 Å². The maximum Gasteiger partial charge on any atom is 0.224 e. The molecule has 0 amide bonds. The number of anilines is 1. The molecule has 21 heavy (non-hydrogen) atoms. The van der Waals surface area contributed by atoms with Crippen LogP contribution in [0.2, 0.25) is 0 Å². The number of rotatable bonds is 7. The third kappa shape index (κ3) is 4.72. The lowest BCUT2D eigenvalue weighted by Gasteiger charge is -2.10. The van der Waals surface area contributed by atoms with Crippen LogP contribution in [-0.2, 0) is 11.3 Å². The highest BCUT2D eigenvalue weighted by atomic mass is 16.5. The van der Waals surface area contributed by atoms with E-state index >= 15 is 0 Å². The summed E-state index contributed by atoms with van der Waals surface area (Å²) in [6, 6.07) is 9.65. The second-order valence-electron chi connectivity index (χ2n) is 4.59. The van der Waals surface area contributed by atoms with E-state index in [2.05, 4.69) is 15.3 Å². The molecule has 5 heteroatoms. The molecule has 1 N–H and O–H groups in total. The van der Waals surface area contributed by atoms with Gasteiger partial charge in [0.1, 0.15) is 18.2 Å². The van der Waals surface area contributed by atoms with Crippen molar-refractivity contribution in [2.45, 2.75) is 27.4 Å². The van der Waals surface area contributed by atoms with Crippen molar-refractivity contribution in [2.24, 2.45) is 0 Å². The standard InChI is InChI=1S/C16H21N3O2/c1-4-17-14-10-16(19-15(18-14)11-20-5-2)21-13-8-6-7-12(3)9-13/h6-10H,4-5,11H2,1-3H3,(H,17,18,19). The van der Waals surface area contributed by atoms with Gasteiger partial charge in [0.25, 0.3) is 0 Å². The fourth-order valence-electron chi connectivity index (χ4n) is 1.85. The van der Waals surface area contributed by atoms with Crippen LogP contribution < -0.4 is 10.1 Å². The minimum atomic E-state index is 0.375. The summed E-state index contributed by atoms with van der Waals surface area (Å²) in [5, 5.41) is 3.18. The number of nitrogens with zero attached hydrogens (tertiary/aromatic N) is 2. The van der Waals surface area contributed by atoms with Gasteiger partial charge in [-0.25, -0.2) is 4.98 Å². The quantitative estimate of drug-likeness (QED) is 0.844. The van der Waals surface area contributed by atoms with Crippen LogP contribution in [0.15, 0.2) is 30.3 Å². The lowest BCUT2D eigenvalue weighted by Crippen LogP contribution is -2.06. The number of aromatic nitrogens is 2. The van der Waals surface area contributed by atoms with E-state index in [0.29, 0.717) is 24.9 Å². The minimum Gasteiger partial charge on any atom is -0.439 e. The molecule has 1 aromatic carbocycles. The lowest BCUT2D eigenvalue weighted by molar-refractivity contribution is 0.128. The van der Waals surface area contributed by atoms with E-state index < -0.39 is 0 Å². The Labute approximate surface area is 125 Å². The molecular weight excluding hydrogens is 266 g/mol. The maximum absolute atomic E-state index is 5.82. The predicted molar refractivity (Wildman–Crippen MR) is 82.8 cm³/mol.